The van der Waals surface area contributed by atoms with Gasteiger partial charge >= 0.3 is 0 Å². The maximum atomic E-state index is 10.5. The number of nitrogens with zero attached hydrogens (tertiary/aromatic N) is 2. The minimum atomic E-state index is 0. The van der Waals surface area contributed by atoms with Crippen LogP contribution in [0.2, 0.25) is 0 Å². The average Bonchev–Trinajstić information content (AvgIpc) is 2.72. The number of pyridine rings is 2. The number of aryl methyl sites for hydroxylation is 1. The van der Waals surface area contributed by atoms with E-state index in [1.165, 1.54) is 11.8 Å². The summed E-state index contributed by atoms with van der Waals surface area (Å²) in [6, 6.07) is 13.8. The third-order valence-corrected chi connectivity index (χ3v) is 4.35. The zero-order chi connectivity index (χ0) is 21.4. The number of carbonyl (C=O) groups excluding carboxylic acids is 1. The van der Waals surface area contributed by atoms with Gasteiger partial charge in [-0.05, 0) is 38.5 Å². The van der Waals surface area contributed by atoms with Crippen LogP contribution in [0.3, 0.4) is 0 Å². The number of carbonyl (C=O) groups is 1. The second kappa shape index (κ2) is 12.0. The number of halogens is 1. The highest BCUT2D eigenvalue weighted by atomic mass is 127. The Balaban J connectivity index is -0.000000597. The lowest BCUT2D eigenvalue weighted by Gasteiger charge is -2.12. The normalized spacial score (nSPS) is 10.7. The molecule has 30 heavy (non-hydrogen) atoms. The van der Waals surface area contributed by atoms with Crippen molar-refractivity contribution in [3.05, 3.63) is 82.8 Å². The predicted molar refractivity (Wildman–Crippen MR) is 139 cm³/mol. The summed E-state index contributed by atoms with van der Waals surface area (Å²) in [5.74, 6) is 0.403. The van der Waals surface area contributed by atoms with Gasteiger partial charge in [0, 0.05) is 50.8 Å². The number of hydrogen-bond acceptors (Lipinski definition) is 6. The van der Waals surface area contributed by atoms with E-state index in [0.29, 0.717) is 29.0 Å². The third-order valence-electron chi connectivity index (χ3n) is 4.35. The van der Waals surface area contributed by atoms with Crippen LogP contribution in [0.1, 0.15) is 45.2 Å². The fourth-order valence-electron chi connectivity index (χ4n) is 2.64. The quantitative estimate of drug-likeness (QED) is 0.218. The number of benzene rings is 1. The van der Waals surface area contributed by atoms with E-state index in [9.17, 15) is 4.79 Å². The summed E-state index contributed by atoms with van der Waals surface area (Å²) in [5, 5.41) is 10.7. The standard InChI is InChI=1S/C14H15N5O.C8H11N.HI.3H2/c1-8-5-10(3-4-17-8)13(16)11-6-18-14(19-7-20)9(2)12(11)15;1-7(9)8-5-3-2-4-6-8;;;;/h3-7,16H,1-2H3,(H3,15,18,19,20);2-7H,9H2,1H3;4*1H/t;7-;;;;/m.1..../s1. The van der Waals surface area contributed by atoms with Gasteiger partial charge in [-0.1, -0.05) is 30.3 Å². The van der Waals surface area contributed by atoms with E-state index in [4.69, 9.17) is 16.9 Å². The van der Waals surface area contributed by atoms with E-state index in [1.54, 1.807) is 19.2 Å². The number of aromatic nitrogens is 2. The van der Waals surface area contributed by atoms with Crippen molar-refractivity contribution in [2.75, 3.05) is 11.1 Å². The maximum Gasteiger partial charge on any atom is 0.212 e. The molecule has 0 radical (unpaired) electrons. The molecule has 0 bridgehead atoms. The molecule has 2 heterocycles. The van der Waals surface area contributed by atoms with Gasteiger partial charge in [0.25, 0.3) is 0 Å². The molecule has 7 nitrogen and oxygen atoms in total. The van der Waals surface area contributed by atoms with Crippen molar-refractivity contribution in [2.24, 2.45) is 5.73 Å². The Morgan fingerprint density at radius 1 is 1.20 bits per heavy atom. The van der Waals surface area contributed by atoms with Gasteiger partial charge in [0.1, 0.15) is 5.82 Å². The number of nitrogen functional groups attached to an aromatic ring is 1. The molecule has 0 aliphatic rings. The van der Waals surface area contributed by atoms with Gasteiger partial charge in [-0.15, -0.1) is 24.0 Å². The molecular formula is C22H33IN6O. The molecule has 0 fully saturated rings. The number of hydrogen-bond donors (Lipinski definition) is 4. The van der Waals surface area contributed by atoms with Gasteiger partial charge in [-0.2, -0.15) is 0 Å². The molecule has 0 spiro atoms. The monoisotopic (exact) mass is 524 g/mol. The van der Waals surface area contributed by atoms with Crippen LogP contribution < -0.4 is 16.8 Å². The molecule has 164 valence electrons. The summed E-state index contributed by atoms with van der Waals surface area (Å²) >= 11 is 0. The first-order chi connectivity index (χ1) is 13.8. The minimum absolute atomic E-state index is 0. The Kier molecular flexibility index (Phi) is 10.1. The van der Waals surface area contributed by atoms with Crippen LogP contribution in [0.5, 0.6) is 0 Å². The van der Waals surface area contributed by atoms with Crippen molar-refractivity contribution >= 4 is 47.6 Å². The van der Waals surface area contributed by atoms with Gasteiger partial charge in [0.2, 0.25) is 6.41 Å². The Hall–Kier alpha value is -2.85. The van der Waals surface area contributed by atoms with E-state index in [1.807, 2.05) is 50.2 Å². The zero-order valence-corrected chi connectivity index (χ0v) is 19.5. The third kappa shape index (κ3) is 6.60. The fourth-order valence-corrected chi connectivity index (χ4v) is 2.64. The smallest absolute Gasteiger partial charge is 0.212 e. The first kappa shape index (κ1) is 25.2. The number of anilines is 2. The van der Waals surface area contributed by atoms with Crippen molar-refractivity contribution < 1.29 is 9.07 Å². The summed E-state index contributed by atoms with van der Waals surface area (Å²) in [7, 11) is 0. The second-order valence-electron chi connectivity index (χ2n) is 6.58. The number of nitrogens with two attached hydrogens (primary N) is 2. The minimum Gasteiger partial charge on any atom is -0.398 e. The lowest BCUT2D eigenvalue weighted by atomic mass is 10.0. The Labute approximate surface area is 198 Å². The van der Waals surface area contributed by atoms with E-state index < -0.39 is 0 Å². The largest absolute Gasteiger partial charge is 0.398 e. The highest BCUT2D eigenvalue weighted by Gasteiger charge is 2.14. The molecule has 3 rings (SSSR count). The highest BCUT2D eigenvalue weighted by Crippen LogP contribution is 2.24. The lowest BCUT2D eigenvalue weighted by Crippen LogP contribution is -2.10. The van der Waals surface area contributed by atoms with E-state index in [0.717, 1.165) is 11.3 Å². The molecule has 0 saturated heterocycles. The maximum absolute atomic E-state index is 10.5. The number of nitrogens with one attached hydrogen (secondary N) is 2. The Morgan fingerprint density at radius 2 is 1.87 bits per heavy atom. The van der Waals surface area contributed by atoms with Crippen LogP contribution in [-0.4, -0.2) is 22.1 Å². The molecule has 6 N–H and O–H groups in total. The highest BCUT2D eigenvalue weighted by molar-refractivity contribution is 14.0. The number of amides is 1. The topological polar surface area (TPSA) is 131 Å². The van der Waals surface area contributed by atoms with Gasteiger partial charge in [-0.3, -0.25) is 15.2 Å². The molecule has 8 heteroatoms. The molecule has 2 aromatic heterocycles. The first-order valence-corrected chi connectivity index (χ1v) is 9.12. The van der Waals surface area contributed by atoms with Gasteiger partial charge in [-0.25, -0.2) is 4.98 Å². The molecule has 0 saturated carbocycles. The molecular weight excluding hydrogens is 491 g/mol. The van der Waals surface area contributed by atoms with E-state index in [2.05, 4.69) is 15.3 Å². The molecule has 0 aliphatic heterocycles. The molecule has 1 aromatic carbocycles. The van der Waals surface area contributed by atoms with Gasteiger partial charge in [0.15, 0.2) is 0 Å². The predicted octanol–water partition coefficient (Wildman–Crippen LogP) is 4.72. The zero-order valence-electron chi connectivity index (χ0n) is 17.2. The van der Waals surface area contributed by atoms with Crippen LogP contribution >= 0.6 is 24.0 Å². The molecule has 1 amide bonds. The Morgan fingerprint density at radius 3 is 2.40 bits per heavy atom. The van der Waals surface area contributed by atoms with Gasteiger partial charge in [0.05, 0.1) is 5.71 Å². The van der Waals surface area contributed by atoms with Crippen LogP contribution in [0, 0.1) is 19.3 Å². The Bertz CT molecular complexity index is 1010. The summed E-state index contributed by atoms with van der Waals surface area (Å²) in [5.41, 5.74) is 16.3. The SMILES string of the molecule is C[C@@H](N)c1ccccc1.Cc1cc(C(=N)c2cnc(NC=O)c(C)c2N)ccn1.I.[HH].[HH].[HH]. The summed E-state index contributed by atoms with van der Waals surface area (Å²) in [4.78, 5) is 18.7. The summed E-state index contributed by atoms with van der Waals surface area (Å²) in [6.45, 7) is 5.60. The van der Waals surface area contributed by atoms with Crippen molar-refractivity contribution in [2.45, 2.75) is 26.8 Å². The van der Waals surface area contributed by atoms with Crippen LogP contribution in [0.4, 0.5) is 11.5 Å². The van der Waals surface area contributed by atoms with Crippen molar-refractivity contribution in [1.29, 1.82) is 5.41 Å². The average molecular weight is 524 g/mol. The van der Waals surface area contributed by atoms with Crippen molar-refractivity contribution in [3.63, 3.8) is 0 Å². The van der Waals surface area contributed by atoms with Crippen LogP contribution in [0.15, 0.2) is 54.9 Å². The molecule has 0 unspecified atom stereocenters. The van der Waals surface area contributed by atoms with Gasteiger partial charge < -0.3 is 16.8 Å². The molecule has 1 atom stereocenters. The summed E-state index contributed by atoms with van der Waals surface area (Å²) in [6.07, 6.45) is 3.69. The fraction of sp³-hybridized carbons (Fsp3) is 0.182. The number of rotatable bonds is 5. The van der Waals surface area contributed by atoms with Crippen LogP contribution in [0.25, 0.3) is 0 Å². The lowest BCUT2D eigenvalue weighted by molar-refractivity contribution is -0.105. The first-order valence-electron chi connectivity index (χ1n) is 9.12. The molecule has 3 aromatic rings. The van der Waals surface area contributed by atoms with E-state index in [-0.39, 0.29) is 40.0 Å². The summed E-state index contributed by atoms with van der Waals surface area (Å²) < 4.78 is 0. The van der Waals surface area contributed by atoms with Crippen molar-refractivity contribution in [1.82, 2.24) is 9.97 Å². The van der Waals surface area contributed by atoms with Crippen LogP contribution in [-0.2, 0) is 4.79 Å². The van der Waals surface area contributed by atoms with E-state index >= 15 is 0 Å². The van der Waals surface area contributed by atoms with Crippen molar-refractivity contribution in [3.8, 4) is 0 Å². The molecule has 0 aliphatic carbocycles. The second-order valence-corrected chi connectivity index (χ2v) is 6.58.